The number of amides is 1. The number of non-ortho nitro benzene ring substituents is 1. The fraction of sp³-hybridized carbons (Fsp3) is 0.238. The Morgan fingerprint density at radius 2 is 1.86 bits per heavy atom. The number of benzene rings is 2. The molecule has 0 aliphatic heterocycles. The number of carbonyl (C=O) groups is 1. The van der Waals surface area contributed by atoms with Gasteiger partial charge in [0, 0.05) is 18.2 Å². The van der Waals surface area contributed by atoms with Gasteiger partial charge in [0.1, 0.15) is 5.82 Å². The van der Waals surface area contributed by atoms with Crippen molar-refractivity contribution in [2.75, 3.05) is 5.32 Å². The predicted molar refractivity (Wildman–Crippen MR) is 113 cm³/mol. The van der Waals surface area contributed by atoms with Crippen LogP contribution < -0.4 is 5.32 Å². The Morgan fingerprint density at radius 1 is 1.17 bits per heavy atom. The first-order valence-corrected chi connectivity index (χ1v) is 9.39. The summed E-state index contributed by atoms with van der Waals surface area (Å²) < 4.78 is 1.67. The monoisotopic (exact) mass is 412 g/mol. The summed E-state index contributed by atoms with van der Waals surface area (Å²) in [5.74, 6) is 0.0408. The molecule has 7 nitrogen and oxygen atoms in total. The zero-order valence-electron chi connectivity index (χ0n) is 16.3. The van der Waals surface area contributed by atoms with E-state index in [0.717, 1.165) is 11.6 Å². The number of carbonyl (C=O) groups excluding carboxylic acids is 1. The first-order valence-electron chi connectivity index (χ1n) is 9.01. The molecular weight excluding hydrogens is 392 g/mol. The van der Waals surface area contributed by atoms with Gasteiger partial charge >= 0.3 is 0 Å². The number of nitrogens with one attached hydrogen (secondary N) is 1. The highest BCUT2D eigenvalue weighted by molar-refractivity contribution is 6.34. The minimum absolute atomic E-state index is 0.0144. The molecule has 0 unspecified atom stereocenters. The third kappa shape index (κ3) is 4.81. The molecular formula is C21H21ClN4O3. The second-order valence-electron chi connectivity index (χ2n) is 7.70. The summed E-state index contributed by atoms with van der Waals surface area (Å²) >= 11 is 6.04. The van der Waals surface area contributed by atoms with Gasteiger partial charge in [-0.1, -0.05) is 56.6 Å². The Kier molecular flexibility index (Phi) is 5.70. The molecule has 2 aromatic carbocycles. The molecule has 3 aromatic rings. The number of hydrogen-bond donors (Lipinski definition) is 1. The lowest BCUT2D eigenvalue weighted by Gasteiger charge is -2.19. The molecule has 0 atom stereocenters. The van der Waals surface area contributed by atoms with Gasteiger partial charge in [0.25, 0.3) is 11.6 Å². The van der Waals surface area contributed by atoms with Gasteiger partial charge in [-0.3, -0.25) is 14.9 Å². The molecule has 1 amide bonds. The Hall–Kier alpha value is -3.19. The molecule has 29 heavy (non-hydrogen) atoms. The van der Waals surface area contributed by atoms with E-state index >= 15 is 0 Å². The zero-order valence-corrected chi connectivity index (χ0v) is 17.1. The van der Waals surface area contributed by atoms with Gasteiger partial charge < -0.3 is 5.32 Å². The molecule has 1 aromatic heterocycles. The smallest absolute Gasteiger partial charge is 0.270 e. The Morgan fingerprint density at radius 3 is 2.45 bits per heavy atom. The molecule has 8 heteroatoms. The Labute approximate surface area is 173 Å². The number of rotatable bonds is 5. The number of nitro groups is 1. The lowest BCUT2D eigenvalue weighted by atomic mass is 9.87. The molecule has 0 aliphatic rings. The second kappa shape index (κ2) is 8.05. The molecule has 0 saturated carbocycles. The summed E-state index contributed by atoms with van der Waals surface area (Å²) in [6, 6.07) is 13.7. The Bertz CT molecular complexity index is 1050. The van der Waals surface area contributed by atoms with E-state index in [1.165, 1.54) is 17.7 Å². The van der Waals surface area contributed by atoms with E-state index in [2.05, 4.69) is 43.3 Å². The van der Waals surface area contributed by atoms with Gasteiger partial charge in [-0.25, -0.2) is 4.68 Å². The fourth-order valence-electron chi connectivity index (χ4n) is 2.83. The number of aromatic nitrogens is 2. The van der Waals surface area contributed by atoms with Crippen molar-refractivity contribution in [1.29, 1.82) is 0 Å². The largest absolute Gasteiger partial charge is 0.307 e. The predicted octanol–water partition coefficient (Wildman–Crippen LogP) is 5.04. The third-order valence-electron chi connectivity index (χ3n) is 4.52. The molecule has 0 aliphatic carbocycles. The number of hydrogen-bond acceptors (Lipinski definition) is 4. The van der Waals surface area contributed by atoms with Crippen molar-refractivity contribution >= 4 is 29.0 Å². The number of anilines is 1. The van der Waals surface area contributed by atoms with E-state index in [0.29, 0.717) is 12.4 Å². The summed E-state index contributed by atoms with van der Waals surface area (Å²) in [6.45, 7) is 6.96. The average Bonchev–Trinajstić information content (AvgIpc) is 3.07. The first kappa shape index (κ1) is 20.5. The maximum Gasteiger partial charge on any atom is 0.270 e. The summed E-state index contributed by atoms with van der Waals surface area (Å²) in [4.78, 5) is 22.8. The quantitative estimate of drug-likeness (QED) is 0.469. The highest BCUT2D eigenvalue weighted by atomic mass is 35.5. The lowest BCUT2D eigenvalue weighted by molar-refractivity contribution is -0.384. The normalized spacial score (nSPS) is 11.3. The van der Waals surface area contributed by atoms with Gasteiger partial charge in [0.15, 0.2) is 0 Å². The van der Waals surface area contributed by atoms with E-state index in [1.807, 2.05) is 12.1 Å². The van der Waals surface area contributed by atoms with Crippen molar-refractivity contribution in [3.8, 4) is 0 Å². The van der Waals surface area contributed by atoms with Gasteiger partial charge in [0.05, 0.1) is 28.3 Å². The van der Waals surface area contributed by atoms with Crippen molar-refractivity contribution < 1.29 is 9.72 Å². The van der Waals surface area contributed by atoms with Crippen LogP contribution in [-0.2, 0) is 12.0 Å². The van der Waals surface area contributed by atoms with Crippen molar-refractivity contribution in [3.05, 3.63) is 86.6 Å². The minimum atomic E-state index is -0.562. The highest BCUT2D eigenvalue weighted by Crippen LogP contribution is 2.24. The zero-order chi connectivity index (χ0) is 21.2. The van der Waals surface area contributed by atoms with Crippen LogP contribution in [0.5, 0.6) is 0 Å². The lowest BCUT2D eigenvalue weighted by Crippen LogP contribution is -2.17. The van der Waals surface area contributed by atoms with Gasteiger partial charge in [-0.15, -0.1) is 0 Å². The van der Waals surface area contributed by atoms with Crippen LogP contribution in [-0.4, -0.2) is 20.6 Å². The average molecular weight is 413 g/mol. The van der Waals surface area contributed by atoms with E-state index in [9.17, 15) is 14.9 Å². The second-order valence-corrected chi connectivity index (χ2v) is 8.10. The first-order chi connectivity index (χ1) is 13.6. The third-order valence-corrected chi connectivity index (χ3v) is 4.83. The molecule has 0 radical (unpaired) electrons. The van der Waals surface area contributed by atoms with Crippen LogP contribution in [0.1, 0.15) is 42.3 Å². The summed E-state index contributed by atoms with van der Waals surface area (Å²) in [5.41, 5.74) is 2.34. The van der Waals surface area contributed by atoms with Crippen molar-refractivity contribution in [2.45, 2.75) is 32.7 Å². The van der Waals surface area contributed by atoms with Gasteiger partial charge in [-0.05, 0) is 22.6 Å². The van der Waals surface area contributed by atoms with Crippen LogP contribution in [0.15, 0.2) is 54.7 Å². The molecule has 0 bridgehead atoms. The van der Waals surface area contributed by atoms with Gasteiger partial charge in [0.2, 0.25) is 0 Å². The van der Waals surface area contributed by atoms with E-state index in [4.69, 9.17) is 11.6 Å². The topological polar surface area (TPSA) is 90.1 Å². The van der Waals surface area contributed by atoms with Crippen molar-refractivity contribution in [2.24, 2.45) is 0 Å². The maximum atomic E-state index is 12.6. The number of nitrogens with zero attached hydrogens (tertiary/aromatic N) is 3. The van der Waals surface area contributed by atoms with Crippen LogP contribution in [0, 0.1) is 10.1 Å². The Balaban J connectivity index is 1.75. The maximum absolute atomic E-state index is 12.6. The van der Waals surface area contributed by atoms with E-state index in [1.54, 1.807) is 16.9 Å². The van der Waals surface area contributed by atoms with Crippen LogP contribution in [0.25, 0.3) is 0 Å². The molecule has 0 spiro atoms. The molecule has 0 saturated heterocycles. The molecule has 3 rings (SSSR count). The van der Waals surface area contributed by atoms with E-state index < -0.39 is 10.8 Å². The molecule has 1 heterocycles. The van der Waals surface area contributed by atoms with E-state index in [-0.39, 0.29) is 21.7 Å². The molecule has 0 fully saturated rings. The van der Waals surface area contributed by atoms with Gasteiger partial charge in [-0.2, -0.15) is 5.10 Å². The van der Waals surface area contributed by atoms with Crippen molar-refractivity contribution in [1.82, 2.24) is 9.78 Å². The SMILES string of the molecule is CC(C)(C)c1ccc(Cn2nccc2NC(=O)c2ccc([N+](=O)[O-])cc2Cl)cc1. The van der Waals surface area contributed by atoms with Crippen LogP contribution >= 0.6 is 11.6 Å². The summed E-state index contributed by atoms with van der Waals surface area (Å²) in [6.07, 6.45) is 1.59. The van der Waals surface area contributed by atoms with Crippen LogP contribution in [0.4, 0.5) is 11.5 Å². The minimum Gasteiger partial charge on any atom is -0.307 e. The highest BCUT2D eigenvalue weighted by Gasteiger charge is 2.17. The summed E-state index contributed by atoms with van der Waals surface area (Å²) in [7, 11) is 0. The standard InChI is InChI=1S/C21H21ClN4O3/c1-21(2,3)15-6-4-14(5-7-15)13-25-19(10-11-23-25)24-20(27)17-9-8-16(26(28)29)12-18(17)22/h4-12H,13H2,1-3H3,(H,24,27). The molecule has 1 N–H and O–H groups in total. The van der Waals surface area contributed by atoms with Crippen molar-refractivity contribution in [3.63, 3.8) is 0 Å². The van der Waals surface area contributed by atoms with Crippen LogP contribution in [0.2, 0.25) is 5.02 Å². The number of nitro benzene ring substituents is 1. The molecule has 150 valence electrons. The van der Waals surface area contributed by atoms with Crippen LogP contribution in [0.3, 0.4) is 0 Å². The summed E-state index contributed by atoms with van der Waals surface area (Å²) in [5, 5.41) is 17.9. The fourth-order valence-corrected chi connectivity index (χ4v) is 3.09. The number of halogens is 1.